The number of nitrogen functional groups attached to an aromatic ring is 1. The second kappa shape index (κ2) is 8.18. The lowest BCUT2D eigenvalue weighted by Crippen LogP contribution is -2.43. The molecule has 1 saturated heterocycles. The van der Waals surface area contributed by atoms with E-state index < -0.39 is 0 Å². The number of fused-ring (bicyclic) bond motifs is 2. The standard InChI is InChI=1S/C26H29N7O2/c1-3-19(34)33-11-9-26(10-12-33)7-4-16(5-8-26)22-20(21-23(27)29-15-30-25(21)32(22)2)24-28-14-18-17(31-24)6-13-35-18/h3-4,14-15H,1,5-13H2,2H3,(H2,27,29,30). The first-order chi connectivity index (χ1) is 17.0. The summed E-state index contributed by atoms with van der Waals surface area (Å²) in [4.78, 5) is 32.3. The van der Waals surface area contributed by atoms with Crippen molar-refractivity contribution < 1.29 is 9.53 Å². The van der Waals surface area contributed by atoms with Crippen LogP contribution in [0, 0.1) is 5.41 Å². The van der Waals surface area contributed by atoms with Crippen LogP contribution in [0.2, 0.25) is 0 Å². The Labute approximate surface area is 203 Å². The van der Waals surface area contributed by atoms with Crippen LogP contribution in [-0.2, 0) is 18.3 Å². The number of likely N-dealkylation sites (tertiary alicyclic amines) is 1. The van der Waals surface area contributed by atoms with E-state index in [-0.39, 0.29) is 11.3 Å². The molecule has 0 saturated carbocycles. The maximum atomic E-state index is 12.0. The molecule has 0 atom stereocenters. The van der Waals surface area contributed by atoms with Crippen LogP contribution in [0.5, 0.6) is 5.75 Å². The van der Waals surface area contributed by atoms with Gasteiger partial charge in [-0.3, -0.25) is 4.79 Å². The number of nitrogens with zero attached hydrogens (tertiary/aromatic N) is 6. The highest BCUT2D eigenvalue weighted by molar-refractivity contribution is 6.04. The number of anilines is 1. The number of carbonyl (C=O) groups is 1. The fourth-order valence-electron chi connectivity index (χ4n) is 5.90. The lowest BCUT2D eigenvalue weighted by atomic mass is 9.68. The number of hydrogen-bond donors (Lipinski definition) is 1. The molecule has 9 nitrogen and oxygen atoms in total. The number of aryl methyl sites for hydroxylation is 1. The summed E-state index contributed by atoms with van der Waals surface area (Å²) >= 11 is 0. The predicted octanol–water partition coefficient (Wildman–Crippen LogP) is 3.30. The Morgan fingerprint density at radius 2 is 2.03 bits per heavy atom. The van der Waals surface area contributed by atoms with Crippen LogP contribution in [0.3, 0.4) is 0 Å². The number of aromatic nitrogens is 5. The van der Waals surface area contributed by atoms with Crippen molar-refractivity contribution in [2.45, 2.75) is 38.5 Å². The Hall–Kier alpha value is -3.75. The third kappa shape index (κ3) is 3.48. The van der Waals surface area contributed by atoms with Crippen molar-refractivity contribution >= 4 is 28.3 Å². The normalized spacial score (nSPS) is 18.9. The van der Waals surface area contributed by atoms with Crippen molar-refractivity contribution in [2.24, 2.45) is 12.5 Å². The van der Waals surface area contributed by atoms with Crippen molar-refractivity contribution in [3.8, 4) is 17.1 Å². The predicted molar refractivity (Wildman–Crippen MR) is 133 cm³/mol. The van der Waals surface area contributed by atoms with E-state index in [0.29, 0.717) is 18.2 Å². The molecule has 2 N–H and O–H groups in total. The van der Waals surface area contributed by atoms with Crippen molar-refractivity contribution in [1.29, 1.82) is 0 Å². The van der Waals surface area contributed by atoms with Gasteiger partial charge in [0.05, 0.1) is 35.1 Å². The zero-order chi connectivity index (χ0) is 24.2. The van der Waals surface area contributed by atoms with E-state index in [4.69, 9.17) is 15.5 Å². The molecule has 1 amide bonds. The van der Waals surface area contributed by atoms with Gasteiger partial charge in [-0.15, -0.1) is 0 Å². The van der Waals surface area contributed by atoms with E-state index in [0.717, 1.165) is 85.3 Å². The van der Waals surface area contributed by atoms with Crippen molar-refractivity contribution in [3.63, 3.8) is 0 Å². The molecule has 35 heavy (non-hydrogen) atoms. The van der Waals surface area contributed by atoms with Gasteiger partial charge in [0.1, 0.15) is 17.8 Å². The van der Waals surface area contributed by atoms with Crippen LogP contribution in [0.4, 0.5) is 5.82 Å². The molecule has 3 aromatic heterocycles. The van der Waals surface area contributed by atoms with Crippen LogP contribution in [-0.4, -0.2) is 55.0 Å². The second-order valence-electron chi connectivity index (χ2n) is 9.81. The van der Waals surface area contributed by atoms with Gasteiger partial charge in [0.25, 0.3) is 0 Å². The summed E-state index contributed by atoms with van der Waals surface area (Å²) < 4.78 is 7.73. The summed E-state index contributed by atoms with van der Waals surface area (Å²) in [6, 6.07) is 0. The third-order valence-corrected chi connectivity index (χ3v) is 7.97. The van der Waals surface area contributed by atoms with Gasteiger partial charge < -0.3 is 19.9 Å². The Kier molecular flexibility index (Phi) is 5.09. The van der Waals surface area contributed by atoms with Crippen LogP contribution in [0.15, 0.2) is 31.3 Å². The Morgan fingerprint density at radius 1 is 1.20 bits per heavy atom. The number of amides is 1. The van der Waals surface area contributed by atoms with Crippen LogP contribution in [0.1, 0.15) is 43.5 Å². The minimum absolute atomic E-state index is 0.0328. The van der Waals surface area contributed by atoms with Crippen LogP contribution >= 0.6 is 0 Å². The van der Waals surface area contributed by atoms with Gasteiger partial charge in [0, 0.05) is 26.6 Å². The fourth-order valence-corrected chi connectivity index (χ4v) is 5.90. The minimum Gasteiger partial charge on any atom is -0.490 e. The molecular weight excluding hydrogens is 442 g/mol. The first kappa shape index (κ1) is 21.8. The van der Waals surface area contributed by atoms with Gasteiger partial charge in [-0.25, -0.2) is 19.9 Å². The first-order valence-electron chi connectivity index (χ1n) is 12.2. The van der Waals surface area contributed by atoms with Crippen LogP contribution in [0.25, 0.3) is 28.0 Å². The molecule has 5 heterocycles. The quantitative estimate of drug-likeness (QED) is 0.583. The zero-order valence-electron chi connectivity index (χ0n) is 20.0. The average molecular weight is 472 g/mol. The number of hydrogen-bond acceptors (Lipinski definition) is 7. The molecule has 3 aliphatic rings. The van der Waals surface area contributed by atoms with E-state index in [1.165, 1.54) is 18.0 Å². The molecule has 0 bridgehead atoms. The number of piperidine rings is 1. The topological polar surface area (TPSA) is 112 Å². The molecular formula is C26H29N7O2. The molecule has 0 aromatic carbocycles. The maximum Gasteiger partial charge on any atom is 0.245 e. The highest BCUT2D eigenvalue weighted by Crippen LogP contribution is 2.48. The molecule has 0 unspecified atom stereocenters. The number of nitrogens with two attached hydrogens (primary N) is 1. The molecule has 6 rings (SSSR count). The summed E-state index contributed by atoms with van der Waals surface area (Å²) in [5.74, 6) is 1.85. The minimum atomic E-state index is 0.0328. The summed E-state index contributed by atoms with van der Waals surface area (Å²) in [6.07, 6.45) is 12.9. The van der Waals surface area contributed by atoms with Crippen molar-refractivity contribution in [3.05, 3.63) is 42.6 Å². The number of rotatable bonds is 3. The largest absolute Gasteiger partial charge is 0.490 e. The molecule has 1 spiro atoms. The maximum absolute atomic E-state index is 12.0. The molecule has 1 fully saturated rings. The Morgan fingerprint density at radius 3 is 2.77 bits per heavy atom. The zero-order valence-corrected chi connectivity index (χ0v) is 20.0. The second-order valence-corrected chi connectivity index (χ2v) is 9.81. The molecule has 3 aromatic rings. The van der Waals surface area contributed by atoms with Crippen molar-refractivity contribution in [2.75, 3.05) is 25.4 Å². The van der Waals surface area contributed by atoms with Crippen molar-refractivity contribution in [1.82, 2.24) is 29.4 Å². The van der Waals surface area contributed by atoms with Gasteiger partial charge >= 0.3 is 0 Å². The van der Waals surface area contributed by atoms with E-state index in [2.05, 4.69) is 32.2 Å². The monoisotopic (exact) mass is 471 g/mol. The molecule has 2 aliphatic heterocycles. The van der Waals surface area contributed by atoms with E-state index in [1.807, 2.05) is 11.9 Å². The summed E-state index contributed by atoms with van der Waals surface area (Å²) in [6.45, 7) is 5.85. The van der Waals surface area contributed by atoms with E-state index in [1.54, 1.807) is 6.20 Å². The smallest absolute Gasteiger partial charge is 0.245 e. The highest BCUT2D eigenvalue weighted by atomic mass is 16.5. The average Bonchev–Trinajstić information content (AvgIpc) is 3.47. The van der Waals surface area contributed by atoms with E-state index >= 15 is 0 Å². The van der Waals surface area contributed by atoms with Gasteiger partial charge in [0.15, 0.2) is 11.6 Å². The highest BCUT2D eigenvalue weighted by Gasteiger charge is 2.38. The lowest BCUT2D eigenvalue weighted by molar-refractivity contribution is -0.128. The van der Waals surface area contributed by atoms with Gasteiger partial charge in [0.2, 0.25) is 5.91 Å². The fraction of sp³-hybridized carbons (Fsp3) is 0.423. The lowest BCUT2D eigenvalue weighted by Gasteiger charge is -2.43. The number of ether oxygens (including phenoxy) is 1. The molecule has 9 heteroatoms. The van der Waals surface area contributed by atoms with Gasteiger partial charge in [-0.1, -0.05) is 12.7 Å². The number of allylic oxidation sites excluding steroid dienone is 2. The van der Waals surface area contributed by atoms with Gasteiger partial charge in [-0.05, 0) is 49.2 Å². The SMILES string of the molecule is C=CC(=O)N1CCC2(CC=C(c3c(-c4ncc5c(n4)CCO5)c4c(N)ncnc4n3C)CC2)CC1. The summed E-state index contributed by atoms with van der Waals surface area (Å²) in [5.41, 5.74) is 11.5. The Bertz CT molecular complexity index is 1380. The summed E-state index contributed by atoms with van der Waals surface area (Å²) in [7, 11) is 2.02. The number of carbonyl (C=O) groups excluding carboxylic acids is 1. The Balaban J connectivity index is 1.40. The molecule has 1 aliphatic carbocycles. The molecule has 0 radical (unpaired) electrons. The van der Waals surface area contributed by atoms with Crippen LogP contribution < -0.4 is 10.5 Å². The summed E-state index contributed by atoms with van der Waals surface area (Å²) in [5, 5.41) is 0.793. The third-order valence-electron chi connectivity index (χ3n) is 7.97. The van der Waals surface area contributed by atoms with Gasteiger partial charge in [-0.2, -0.15) is 0 Å². The first-order valence-corrected chi connectivity index (χ1v) is 12.2. The van der Waals surface area contributed by atoms with E-state index in [9.17, 15) is 4.79 Å². The molecule has 180 valence electrons.